The molecule has 28 heavy (non-hydrogen) atoms. The number of pyridine rings is 1. The van der Waals surface area contributed by atoms with E-state index in [4.69, 9.17) is 4.42 Å². The molecule has 2 heterocycles. The summed E-state index contributed by atoms with van der Waals surface area (Å²) >= 11 is 1.56. The van der Waals surface area contributed by atoms with Gasteiger partial charge in [0, 0.05) is 22.4 Å². The van der Waals surface area contributed by atoms with Gasteiger partial charge >= 0.3 is 0 Å². The Labute approximate surface area is 166 Å². The average molecular weight is 386 g/mol. The Bertz CT molecular complexity index is 1270. The van der Waals surface area contributed by atoms with Gasteiger partial charge in [-0.2, -0.15) is 5.26 Å². The van der Waals surface area contributed by atoms with Crippen molar-refractivity contribution in [2.24, 2.45) is 0 Å². The molecular weight excluding hydrogens is 368 g/mol. The summed E-state index contributed by atoms with van der Waals surface area (Å²) in [7, 11) is 0. The molecule has 0 aliphatic carbocycles. The topological polar surface area (TPSA) is 69.8 Å². The number of aryl methyl sites for hydroxylation is 1. The number of furan rings is 1. The molecule has 0 spiro atoms. The van der Waals surface area contributed by atoms with Crippen LogP contribution in [0.4, 0.5) is 0 Å². The zero-order valence-electron chi connectivity index (χ0n) is 15.6. The highest BCUT2D eigenvalue weighted by Crippen LogP contribution is 2.37. The van der Waals surface area contributed by atoms with Crippen molar-refractivity contribution >= 4 is 22.5 Å². The fourth-order valence-corrected chi connectivity index (χ4v) is 4.18. The molecule has 0 saturated carbocycles. The number of fused-ring (bicyclic) bond motifs is 1. The molecule has 2 aromatic heterocycles. The maximum Gasteiger partial charge on any atom is 0.266 e. The number of thioether (sulfide) groups is 1. The van der Waals surface area contributed by atoms with E-state index in [1.54, 1.807) is 11.8 Å². The van der Waals surface area contributed by atoms with Crippen molar-refractivity contribution in [2.45, 2.75) is 18.9 Å². The third-order valence-corrected chi connectivity index (χ3v) is 5.47. The summed E-state index contributed by atoms with van der Waals surface area (Å²) in [6.07, 6.45) is 0. The number of hydrogen-bond acceptors (Lipinski definition) is 4. The molecule has 0 amide bonds. The maximum atomic E-state index is 12.7. The first-order chi connectivity index (χ1) is 13.6. The second-order valence-corrected chi connectivity index (χ2v) is 7.67. The molecule has 4 rings (SSSR count). The Kier molecular flexibility index (Phi) is 4.81. The van der Waals surface area contributed by atoms with Gasteiger partial charge in [0.1, 0.15) is 17.4 Å². The molecule has 0 radical (unpaired) electrons. The Hall–Kier alpha value is -3.23. The molecule has 2 aromatic carbocycles. The predicted molar refractivity (Wildman–Crippen MR) is 114 cm³/mol. The van der Waals surface area contributed by atoms with Crippen LogP contribution in [0.3, 0.4) is 0 Å². The molecule has 0 atom stereocenters. The van der Waals surface area contributed by atoms with E-state index in [1.165, 1.54) is 0 Å². The lowest BCUT2D eigenvalue weighted by atomic mass is 9.97. The number of rotatable bonds is 4. The van der Waals surface area contributed by atoms with E-state index in [2.05, 4.69) is 11.1 Å². The second-order valence-electron chi connectivity index (χ2n) is 6.43. The molecule has 0 aliphatic rings. The van der Waals surface area contributed by atoms with Crippen LogP contribution in [-0.4, -0.2) is 10.7 Å². The zero-order chi connectivity index (χ0) is 19.7. The van der Waals surface area contributed by atoms with Crippen molar-refractivity contribution < 1.29 is 4.42 Å². The van der Waals surface area contributed by atoms with Crippen LogP contribution in [0.25, 0.3) is 33.2 Å². The molecule has 5 heteroatoms. The van der Waals surface area contributed by atoms with E-state index in [1.807, 2.05) is 68.4 Å². The van der Waals surface area contributed by atoms with Gasteiger partial charge in [0.2, 0.25) is 0 Å². The lowest BCUT2D eigenvalue weighted by Crippen LogP contribution is -2.12. The lowest BCUT2D eigenvalue weighted by Gasteiger charge is -2.10. The highest BCUT2D eigenvalue weighted by Gasteiger charge is 2.19. The number of aromatic nitrogens is 1. The molecule has 0 bridgehead atoms. The smallest absolute Gasteiger partial charge is 0.266 e. The standard InChI is InChI=1S/C23H18N2O2S/c1-3-28-23-19(11-14(2)27-23)18-12-21(25-22(26)20(18)13-24)17-10-6-8-15-7-4-5-9-16(15)17/h4-12H,3H2,1-2H3,(H,25,26). The second kappa shape index (κ2) is 7.41. The Morgan fingerprint density at radius 3 is 2.64 bits per heavy atom. The fourth-order valence-electron chi connectivity index (χ4n) is 3.41. The van der Waals surface area contributed by atoms with Crippen molar-refractivity contribution in [3.05, 3.63) is 76.3 Å². The van der Waals surface area contributed by atoms with E-state index in [-0.39, 0.29) is 5.56 Å². The van der Waals surface area contributed by atoms with E-state index >= 15 is 0 Å². The number of nitriles is 1. The maximum absolute atomic E-state index is 12.7. The Morgan fingerprint density at radius 1 is 1.07 bits per heavy atom. The predicted octanol–water partition coefficient (Wildman–Crippen LogP) is 5.75. The molecule has 0 unspecified atom stereocenters. The summed E-state index contributed by atoms with van der Waals surface area (Å²) in [5.74, 6) is 1.59. The van der Waals surface area contributed by atoms with E-state index in [9.17, 15) is 10.1 Å². The van der Waals surface area contributed by atoms with Crippen molar-refractivity contribution in [3.63, 3.8) is 0 Å². The van der Waals surface area contributed by atoms with E-state index in [0.717, 1.165) is 38.5 Å². The highest BCUT2D eigenvalue weighted by atomic mass is 32.2. The number of H-pyrrole nitrogens is 1. The number of nitrogens with one attached hydrogen (secondary N) is 1. The summed E-state index contributed by atoms with van der Waals surface area (Å²) < 4.78 is 5.81. The van der Waals surface area contributed by atoms with Gasteiger partial charge in [-0.3, -0.25) is 4.79 Å². The first kappa shape index (κ1) is 18.1. The average Bonchev–Trinajstić information content (AvgIpc) is 3.07. The Morgan fingerprint density at radius 2 is 1.86 bits per heavy atom. The summed E-state index contributed by atoms with van der Waals surface area (Å²) in [6, 6.07) is 19.8. The number of nitrogens with zero attached hydrogens (tertiary/aromatic N) is 1. The van der Waals surface area contributed by atoms with E-state index in [0.29, 0.717) is 11.3 Å². The largest absolute Gasteiger partial charge is 0.455 e. The van der Waals surface area contributed by atoms with Crippen LogP contribution >= 0.6 is 11.8 Å². The van der Waals surface area contributed by atoms with E-state index < -0.39 is 5.56 Å². The first-order valence-corrected chi connectivity index (χ1v) is 10.00. The lowest BCUT2D eigenvalue weighted by molar-refractivity contribution is 0.450. The third-order valence-electron chi connectivity index (χ3n) is 4.61. The van der Waals surface area contributed by atoms with Crippen molar-refractivity contribution in [2.75, 3.05) is 5.75 Å². The monoisotopic (exact) mass is 386 g/mol. The zero-order valence-corrected chi connectivity index (χ0v) is 16.4. The Balaban J connectivity index is 2.00. The van der Waals surface area contributed by atoms with Gasteiger partial charge in [-0.05, 0) is 35.6 Å². The van der Waals surface area contributed by atoms with Gasteiger partial charge in [-0.1, -0.05) is 61.2 Å². The van der Waals surface area contributed by atoms with Gasteiger partial charge in [0.05, 0.1) is 0 Å². The number of aromatic amines is 1. The SMILES string of the molecule is CCSc1oc(C)cc1-c1cc(-c2cccc3ccccc23)[nH]c(=O)c1C#N. The van der Waals surface area contributed by atoms with Crippen LogP contribution in [-0.2, 0) is 0 Å². The summed E-state index contributed by atoms with van der Waals surface area (Å²) in [6.45, 7) is 3.91. The minimum Gasteiger partial charge on any atom is -0.455 e. The molecule has 0 aliphatic heterocycles. The van der Waals surface area contributed by atoms with Crippen molar-refractivity contribution in [3.8, 4) is 28.5 Å². The van der Waals surface area contributed by atoms with Crippen molar-refractivity contribution in [1.82, 2.24) is 4.98 Å². The van der Waals surface area contributed by atoms with Crippen LogP contribution in [0.1, 0.15) is 18.2 Å². The molecular formula is C23H18N2O2S. The first-order valence-electron chi connectivity index (χ1n) is 9.01. The summed E-state index contributed by atoms with van der Waals surface area (Å²) in [5.41, 5.74) is 2.69. The molecule has 138 valence electrons. The van der Waals surface area contributed by atoms with Crippen LogP contribution in [0.5, 0.6) is 0 Å². The number of hydrogen-bond donors (Lipinski definition) is 1. The van der Waals surface area contributed by atoms with Crippen molar-refractivity contribution in [1.29, 1.82) is 5.26 Å². The van der Waals surface area contributed by atoms with Gasteiger partial charge in [0.25, 0.3) is 5.56 Å². The molecule has 1 N–H and O–H groups in total. The molecule has 0 saturated heterocycles. The summed E-state index contributed by atoms with van der Waals surface area (Å²) in [5, 5.41) is 12.5. The van der Waals surface area contributed by atoms with Gasteiger partial charge in [-0.15, -0.1) is 0 Å². The van der Waals surface area contributed by atoms with Gasteiger partial charge < -0.3 is 9.40 Å². The highest BCUT2D eigenvalue weighted by molar-refractivity contribution is 7.99. The summed E-state index contributed by atoms with van der Waals surface area (Å²) in [4.78, 5) is 15.6. The fraction of sp³-hybridized carbons (Fsp3) is 0.130. The molecule has 4 nitrogen and oxygen atoms in total. The third kappa shape index (κ3) is 3.12. The quantitative estimate of drug-likeness (QED) is 0.454. The van der Waals surface area contributed by atoms with Gasteiger partial charge in [0.15, 0.2) is 5.09 Å². The molecule has 4 aromatic rings. The minimum absolute atomic E-state index is 0.0998. The van der Waals surface area contributed by atoms with Crippen LogP contribution in [0, 0.1) is 18.3 Å². The van der Waals surface area contributed by atoms with Crippen LogP contribution < -0.4 is 5.56 Å². The normalized spacial score (nSPS) is 10.9. The molecule has 0 fully saturated rings. The minimum atomic E-state index is -0.394. The van der Waals surface area contributed by atoms with Gasteiger partial charge in [-0.25, -0.2) is 0 Å². The number of benzene rings is 2. The van der Waals surface area contributed by atoms with Crippen LogP contribution in [0.15, 0.2) is 68.9 Å². The van der Waals surface area contributed by atoms with Crippen LogP contribution in [0.2, 0.25) is 0 Å².